The summed E-state index contributed by atoms with van der Waals surface area (Å²) >= 11 is 0. The maximum atomic E-state index is 11.3. The molecule has 1 aromatic rings. The fraction of sp³-hybridized carbons (Fsp3) is 0.200. The molecule has 0 saturated carbocycles. The number of primary sulfonamides is 1. The van der Waals surface area contributed by atoms with Crippen molar-refractivity contribution in [1.82, 2.24) is 5.32 Å². The number of anilines is 1. The van der Waals surface area contributed by atoms with E-state index in [2.05, 4.69) is 10.6 Å². The average Bonchev–Trinajstić information content (AvgIpc) is 2.28. The zero-order valence-electron chi connectivity index (χ0n) is 9.64. The van der Waals surface area contributed by atoms with Crippen molar-refractivity contribution in [1.29, 1.82) is 0 Å². The zero-order valence-corrected chi connectivity index (χ0v) is 10.5. The molecule has 0 unspecified atom stereocenters. The van der Waals surface area contributed by atoms with Crippen LogP contribution in [0.1, 0.15) is 6.92 Å². The number of carbonyl (C=O) groups excluding carboxylic acids is 2. The lowest BCUT2D eigenvalue weighted by Gasteiger charge is -2.05. The molecule has 18 heavy (non-hydrogen) atoms. The Morgan fingerprint density at radius 2 is 1.72 bits per heavy atom. The highest BCUT2D eigenvalue weighted by molar-refractivity contribution is 7.89. The van der Waals surface area contributed by atoms with Crippen LogP contribution in [0.2, 0.25) is 0 Å². The van der Waals surface area contributed by atoms with Gasteiger partial charge >= 0.3 is 11.8 Å². The molecular formula is C10H13N3O4S. The summed E-state index contributed by atoms with van der Waals surface area (Å²) in [4.78, 5) is 22.4. The second kappa shape index (κ2) is 5.61. The first kappa shape index (κ1) is 14.1. The van der Waals surface area contributed by atoms with E-state index in [1.54, 1.807) is 6.92 Å². The molecule has 0 aliphatic heterocycles. The monoisotopic (exact) mass is 271 g/mol. The van der Waals surface area contributed by atoms with Crippen LogP contribution in [0.25, 0.3) is 0 Å². The lowest BCUT2D eigenvalue weighted by atomic mass is 10.3. The van der Waals surface area contributed by atoms with Crippen LogP contribution in [0.3, 0.4) is 0 Å². The van der Waals surface area contributed by atoms with Gasteiger partial charge in [-0.05, 0) is 31.2 Å². The van der Waals surface area contributed by atoms with Crippen LogP contribution in [0.15, 0.2) is 29.2 Å². The Labute approximate surface area is 104 Å². The summed E-state index contributed by atoms with van der Waals surface area (Å²) in [6.45, 7) is 2.03. The molecule has 0 aliphatic carbocycles. The van der Waals surface area contributed by atoms with Crippen LogP contribution >= 0.6 is 0 Å². The van der Waals surface area contributed by atoms with Crippen molar-refractivity contribution < 1.29 is 18.0 Å². The van der Waals surface area contributed by atoms with E-state index < -0.39 is 21.8 Å². The number of likely N-dealkylation sites (N-methyl/N-ethyl adjacent to an activating group) is 1. The minimum Gasteiger partial charge on any atom is -0.348 e. The van der Waals surface area contributed by atoms with Gasteiger partial charge in [0, 0.05) is 12.2 Å². The predicted molar refractivity (Wildman–Crippen MR) is 65.1 cm³/mol. The van der Waals surface area contributed by atoms with Gasteiger partial charge in [0.25, 0.3) is 0 Å². The van der Waals surface area contributed by atoms with Gasteiger partial charge in [-0.3, -0.25) is 9.59 Å². The lowest BCUT2D eigenvalue weighted by Crippen LogP contribution is -2.35. The molecule has 98 valence electrons. The van der Waals surface area contributed by atoms with Gasteiger partial charge in [-0.15, -0.1) is 0 Å². The number of sulfonamides is 1. The molecule has 1 aromatic carbocycles. The smallest absolute Gasteiger partial charge is 0.313 e. The Balaban J connectivity index is 2.76. The molecule has 0 spiro atoms. The Morgan fingerprint density at radius 3 is 2.17 bits per heavy atom. The lowest BCUT2D eigenvalue weighted by molar-refractivity contribution is -0.136. The zero-order chi connectivity index (χ0) is 13.8. The third-order valence-electron chi connectivity index (χ3n) is 1.98. The second-order valence-electron chi connectivity index (χ2n) is 3.38. The molecular weight excluding hydrogens is 258 g/mol. The first-order valence-corrected chi connectivity index (χ1v) is 6.61. The third-order valence-corrected chi connectivity index (χ3v) is 2.91. The van der Waals surface area contributed by atoms with Crippen LogP contribution in [0, 0.1) is 0 Å². The Bertz CT molecular complexity index is 551. The van der Waals surface area contributed by atoms with Crippen molar-refractivity contribution in [2.75, 3.05) is 11.9 Å². The summed E-state index contributed by atoms with van der Waals surface area (Å²) in [5.41, 5.74) is 0.304. The molecule has 0 saturated heterocycles. The second-order valence-corrected chi connectivity index (χ2v) is 4.94. The largest absolute Gasteiger partial charge is 0.348 e. The van der Waals surface area contributed by atoms with Crippen LogP contribution in [0.5, 0.6) is 0 Å². The highest BCUT2D eigenvalue weighted by atomic mass is 32.2. The fourth-order valence-corrected chi connectivity index (χ4v) is 1.67. The topological polar surface area (TPSA) is 118 Å². The van der Waals surface area contributed by atoms with E-state index in [4.69, 9.17) is 5.14 Å². The molecule has 1 rings (SSSR count). The van der Waals surface area contributed by atoms with E-state index in [0.29, 0.717) is 12.2 Å². The van der Waals surface area contributed by atoms with Crippen molar-refractivity contribution in [3.63, 3.8) is 0 Å². The van der Waals surface area contributed by atoms with Gasteiger partial charge in [-0.2, -0.15) is 0 Å². The molecule has 0 radical (unpaired) electrons. The highest BCUT2D eigenvalue weighted by Crippen LogP contribution is 2.12. The number of hydrogen-bond donors (Lipinski definition) is 3. The summed E-state index contributed by atoms with van der Waals surface area (Å²) in [7, 11) is -3.76. The number of amides is 2. The normalized spacial score (nSPS) is 10.8. The van der Waals surface area contributed by atoms with Gasteiger partial charge < -0.3 is 10.6 Å². The van der Waals surface area contributed by atoms with Crippen molar-refractivity contribution >= 4 is 27.5 Å². The summed E-state index contributed by atoms with van der Waals surface area (Å²) in [5.74, 6) is -1.58. The molecule has 2 amide bonds. The van der Waals surface area contributed by atoms with E-state index in [-0.39, 0.29) is 4.90 Å². The van der Waals surface area contributed by atoms with E-state index in [1.165, 1.54) is 24.3 Å². The Kier molecular flexibility index (Phi) is 4.40. The van der Waals surface area contributed by atoms with Crippen LogP contribution in [-0.2, 0) is 19.6 Å². The number of carbonyl (C=O) groups is 2. The van der Waals surface area contributed by atoms with Gasteiger partial charge in [0.1, 0.15) is 0 Å². The van der Waals surface area contributed by atoms with Crippen molar-refractivity contribution in [2.45, 2.75) is 11.8 Å². The molecule has 0 fully saturated rings. The number of hydrogen-bond acceptors (Lipinski definition) is 4. The summed E-state index contributed by atoms with van der Waals surface area (Å²) in [6, 6.07) is 5.17. The van der Waals surface area contributed by atoms with Crippen LogP contribution in [0.4, 0.5) is 5.69 Å². The molecule has 7 nitrogen and oxygen atoms in total. The van der Waals surface area contributed by atoms with E-state index in [1.807, 2.05) is 0 Å². The minimum absolute atomic E-state index is 0.0708. The highest BCUT2D eigenvalue weighted by Gasteiger charge is 2.13. The van der Waals surface area contributed by atoms with E-state index in [9.17, 15) is 18.0 Å². The quantitative estimate of drug-likeness (QED) is 0.636. The summed E-state index contributed by atoms with van der Waals surface area (Å²) in [6.07, 6.45) is 0. The summed E-state index contributed by atoms with van der Waals surface area (Å²) in [5, 5.41) is 9.57. The number of rotatable bonds is 3. The first-order chi connectivity index (χ1) is 8.34. The predicted octanol–water partition coefficient (Wildman–Crippen LogP) is -0.591. The molecule has 0 atom stereocenters. The maximum Gasteiger partial charge on any atom is 0.313 e. The molecule has 0 bridgehead atoms. The maximum absolute atomic E-state index is 11.3. The van der Waals surface area contributed by atoms with Crippen molar-refractivity contribution in [2.24, 2.45) is 5.14 Å². The van der Waals surface area contributed by atoms with Crippen LogP contribution < -0.4 is 15.8 Å². The molecule has 0 aliphatic rings. The number of nitrogens with two attached hydrogens (primary N) is 1. The molecule has 4 N–H and O–H groups in total. The fourth-order valence-electron chi connectivity index (χ4n) is 1.16. The standard InChI is InChI=1S/C10H13N3O4S/c1-2-12-9(14)10(15)13-7-3-5-8(6-4-7)18(11,16)17/h3-6H,2H2,1H3,(H,12,14)(H,13,15)(H2,11,16,17). The third kappa shape index (κ3) is 3.82. The molecule has 0 heterocycles. The van der Waals surface area contributed by atoms with Gasteiger partial charge in [-0.25, -0.2) is 13.6 Å². The van der Waals surface area contributed by atoms with Crippen LogP contribution in [-0.4, -0.2) is 26.8 Å². The van der Waals surface area contributed by atoms with Gasteiger partial charge in [0.05, 0.1) is 4.90 Å². The molecule has 8 heteroatoms. The Morgan fingerprint density at radius 1 is 1.17 bits per heavy atom. The van der Waals surface area contributed by atoms with Crippen molar-refractivity contribution in [3.8, 4) is 0 Å². The van der Waals surface area contributed by atoms with E-state index in [0.717, 1.165) is 0 Å². The van der Waals surface area contributed by atoms with Gasteiger partial charge in [0.2, 0.25) is 10.0 Å². The van der Waals surface area contributed by atoms with Gasteiger partial charge in [-0.1, -0.05) is 0 Å². The Hall–Kier alpha value is -1.93. The van der Waals surface area contributed by atoms with Gasteiger partial charge in [0.15, 0.2) is 0 Å². The molecule has 0 aromatic heterocycles. The van der Waals surface area contributed by atoms with Crippen molar-refractivity contribution in [3.05, 3.63) is 24.3 Å². The summed E-state index contributed by atoms with van der Waals surface area (Å²) < 4.78 is 22.0. The minimum atomic E-state index is -3.76. The average molecular weight is 271 g/mol. The number of nitrogens with one attached hydrogen (secondary N) is 2. The first-order valence-electron chi connectivity index (χ1n) is 5.06. The van der Waals surface area contributed by atoms with E-state index >= 15 is 0 Å². The number of benzene rings is 1. The SMILES string of the molecule is CCNC(=O)C(=O)Nc1ccc(S(N)(=O)=O)cc1.